The monoisotopic (exact) mass is 708 g/mol. The number of carbonyl (C=O) groups is 2. The summed E-state index contributed by atoms with van der Waals surface area (Å²) in [5.41, 5.74) is 0. The van der Waals surface area contributed by atoms with Crippen LogP contribution in [0.1, 0.15) is 247 Å². The molecular weight excluding hydrogens is 618 g/mol. The number of esters is 2. The Morgan fingerprint density at radius 2 is 0.700 bits per heavy atom. The molecule has 50 heavy (non-hydrogen) atoms. The molecule has 0 spiro atoms. The third kappa shape index (κ3) is 34.0. The predicted molar refractivity (Wildman–Crippen MR) is 217 cm³/mol. The summed E-state index contributed by atoms with van der Waals surface area (Å²) in [6, 6.07) is 0. The van der Waals surface area contributed by atoms with Crippen LogP contribution in [-0.2, 0) is 19.1 Å². The molecule has 0 rings (SSSR count). The van der Waals surface area contributed by atoms with Gasteiger partial charge in [0, 0.05) is 12.8 Å². The molecular formula is C45H89NO4. The molecule has 0 N–H and O–H groups in total. The standard InChI is InChI=1S/C45H89NO4/c1-6-11-14-17-21-27-35-42(34-9-4)49-44(47)39-31-26-33-41-46(10-5)40-32-25-20-24-30-38-45(48)50-43(36-28-22-18-15-12-7-2)37-29-23-19-16-13-8-3/h42-43H,6-41H2,1-5H3. The lowest BCUT2D eigenvalue weighted by atomic mass is 10.0. The molecule has 1 unspecified atom stereocenters. The molecule has 0 aromatic carbocycles. The van der Waals surface area contributed by atoms with Crippen LogP contribution in [0.2, 0.25) is 0 Å². The maximum absolute atomic E-state index is 12.7. The highest BCUT2D eigenvalue weighted by Crippen LogP contribution is 2.19. The number of unbranched alkanes of at least 4 members (excludes halogenated alkanes) is 21. The van der Waals surface area contributed by atoms with E-state index in [2.05, 4.69) is 39.5 Å². The van der Waals surface area contributed by atoms with Crippen molar-refractivity contribution in [2.45, 2.75) is 259 Å². The van der Waals surface area contributed by atoms with Crippen LogP contribution in [0.5, 0.6) is 0 Å². The Balaban J connectivity index is 4.06. The van der Waals surface area contributed by atoms with Gasteiger partial charge in [0.05, 0.1) is 0 Å². The number of rotatable bonds is 40. The van der Waals surface area contributed by atoms with Gasteiger partial charge < -0.3 is 14.4 Å². The molecule has 298 valence electrons. The molecule has 0 fully saturated rings. The van der Waals surface area contributed by atoms with E-state index >= 15 is 0 Å². The molecule has 0 aliphatic heterocycles. The van der Waals surface area contributed by atoms with E-state index in [0.717, 1.165) is 83.8 Å². The minimum Gasteiger partial charge on any atom is -0.462 e. The summed E-state index contributed by atoms with van der Waals surface area (Å²) in [6.45, 7) is 14.6. The van der Waals surface area contributed by atoms with Gasteiger partial charge in [0.1, 0.15) is 12.2 Å². The fourth-order valence-corrected chi connectivity index (χ4v) is 7.14. The average Bonchev–Trinajstić information content (AvgIpc) is 3.11. The number of hydrogen-bond acceptors (Lipinski definition) is 5. The zero-order valence-electron chi connectivity index (χ0n) is 34.7. The van der Waals surface area contributed by atoms with Crippen molar-refractivity contribution >= 4 is 11.9 Å². The molecule has 0 aliphatic carbocycles. The van der Waals surface area contributed by atoms with Gasteiger partial charge in [-0.05, 0) is 90.3 Å². The summed E-state index contributed by atoms with van der Waals surface area (Å²) in [5.74, 6) is 0.0440. The maximum Gasteiger partial charge on any atom is 0.306 e. The van der Waals surface area contributed by atoms with Crippen molar-refractivity contribution in [1.82, 2.24) is 4.90 Å². The van der Waals surface area contributed by atoms with Crippen molar-refractivity contribution in [1.29, 1.82) is 0 Å². The highest BCUT2D eigenvalue weighted by atomic mass is 16.5. The molecule has 0 bridgehead atoms. The second kappa shape index (κ2) is 39.1. The van der Waals surface area contributed by atoms with Crippen molar-refractivity contribution in [3.63, 3.8) is 0 Å². The third-order valence-electron chi connectivity index (χ3n) is 10.5. The van der Waals surface area contributed by atoms with Gasteiger partial charge in [0.15, 0.2) is 0 Å². The first-order chi connectivity index (χ1) is 24.5. The Hall–Kier alpha value is -1.10. The highest BCUT2D eigenvalue weighted by Gasteiger charge is 2.15. The Morgan fingerprint density at radius 3 is 1.08 bits per heavy atom. The van der Waals surface area contributed by atoms with E-state index in [1.807, 2.05) is 0 Å². The first kappa shape index (κ1) is 48.9. The molecule has 0 aromatic rings. The quantitative estimate of drug-likeness (QED) is 0.0469. The minimum absolute atomic E-state index is 0.0104. The molecule has 5 nitrogen and oxygen atoms in total. The smallest absolute Gasteiger partial charge is 0.306 e. The average molecular weight is 708 g/mol. The highest BCUT2D eigenvalue weighted by molar-refractivity contribution is 5.69. The van der Waals surface area contributed by atoms with E-state index < -0.39 is 0 Å². The Labute approximate surface area is 313 Å². The van der Waals surface area contributed by atoms with E-state index in [1.54, 1.807) is 0 Å². The summed E-state index contributed by atoms with van der Waals surface area (Å²) in [6.07, 6.45) is 38.7. The van der Waals surface area contributed by atoms with E-state index in [9.17, 15) is 9.59 Å². The Kier molecular flexibility index (Phi) is 38.3. The molecule has 0 saturated carbocycles. The van der Waals surface area contributed by atoms with Crippen LogP contribution in [0.15, 0.2) is 0 Å². The Bertz CT molecular complexity index is 697. The first-order valence-corrected chi connectivity index (χ1v) is 22.6. The van der Waals surface area contributed by atoms with Crippen molar-refractivity contribution < 1.29 is 19.1 Å². The van der Waals surface area contributed by atoms with Gasteiger partial charge in [-0.15, -0.1) is 0 Å². The second-order valence-corrected chi connectivity index (χ2v) is 15.4. The molecule has 1 atom stereocenters. The van der Waals surface area contributed by atoms with Crippen molar-refractivity contribution in [3.8, 4) is 0 Å². The molecule has 0 aromatic heterocycles. The largest absolute Gasteiger partial charge is 0.462 e. The zero-order valence-corrected chi connectivity index (χ0v) is 34.7. The molecule has 0 heterocycles. The lowest BCUT2D eigenvalue weighted by molar-refractivity contribution is -0.151. The van der Waals surface area contributed by atoms with Crippen LogP contribution in [0, 0.1) is 0 Å². The van der Waals surface area contributed by atoms with E-state index in [-0.39, 0.29) is 24.1 Å². The number of carbonyl (C=O) groups excluding carboxylic acids is 2. The Morgan fingerprint density at radius 1 is 0.380 bits per heavy atom. The molecule has 0 saturated heterocycles. The first-order valence-electron chi connectivity index (χ1n) is 22.6. The normalized spacial score (nSPS) is 12.2. The lowest BCUT2D eigenvalue weighted by Gasteiger charge is -2.20. The van der Waals surface area contributed by atoms with Gasteiger partial charge in [-0.25, -0.2) is 0 Å². The minimum atomic E-state index is 0.0104. The van der Waals surface area contributed by atoms with Gasteiger partial charge in [-0.2, -0.15) is 0 Å². The summed E-state index contributed by atoms with van der Waals surface area (Å²) in [5, 5.41) is 0. The van der Waals surface area contributed by atoms with Crippen LogP contribution in [-0.4, -0.2) is 48.7 Å². The van der Waals surface area contributed by atoms with Crippen molar-refractivity contribution in [3.05, 3.63) is 0 Å². The van der Waals surface area contributed by atoms with Crippen LogP contribution < -0.4 is 0 Å². The fourth-order valence-electron chi connectivity index (χ4n) is 7.14. The van der Waals surface area contributed by atoms with Gasteiger partial charge in [-0.1, -0.05) is 163 Å². The van der Waals surface area contributed by atoms with Gasteiger partial charge in [-0.3, -0.25) is 9.59 Å². The molecule has 0 aliphatic rings. The third-order valence-corrected chi connectivity index (χ3v) is 10.5. The van der Waals surface area contributed by atoms with Crippen molar-refractivity contribution in [2.75, 3.05) is 19.6 Å². The molecule has 0 radical (unpaired) electrons. The molecule has 5 heteroatoms. The van der Waals surface area contributed by atoms with Crippen LogP contribution in [0.3, 0.4) is 0 Å². The van der Waals surface area contributed by atoms with E-state index in [1.165, 1.54) is 135 Å². The number of hydrogen-bond donors (Lipinski definition) is 0. The maximum atomic E-state index is 12.7. The summed E-state index contributed by atoms with van der Waals surface area (Å²) in [7, 11) is 0. The summed E-state index contributed by atoms with van der Waals surface area (Å²) < 4.78 is 11.9. The summed E-state index contributed by atoms with van der Waals surface area (Å²) in [4.78, 5) is 27.7. The van der Waals surface area contributed by atoms with Crippen LogP contribution in [0.4, 0.5) is 0 Å². The topological polar surface area (TPSA) is 55.8 Å². The number of nitrogens with zero attached hydrogens (tertiary/aromatic N) is 1. The van der Waals surface area contributed by atoms with Crippen LogP contribution >= 0.6 is 0 Å². The second-order valence-electron chi connectivity index (χ2n) is 15.4. The number of ether oxygens (including phenoxy) is 2. The van der Waals surface area contributed by atoms with Crippen molar-refractivity contribution in [2.24, 2.45) is 0 Å². The lowest BCUT2D eigenvalue weighted by Crippen LogP contribution is -2.25. The van der Waals surface area contributed by atoms with Gasteiger partial charge >= 0.3 is 11.9 Å². The fraction of sp³-hybridized carbons (Fsp3) is 0.956. The van der Waals surface area contributed by atoms with E-state index in [0.29, 0.717) is 12.8 Å². The van der Waals surface area contributed by atoms with Gasteiger partial charge in [0.2, 0.25) is 0 Å². The van der Waals surface area contributed by atoms with Crippen LogP contribution in [0.25, 0.3) is 0 Å². The zero-order chi connectivity index (χ0) is 36.8. The van der Waals surface area contributed by atoms with Gasteiger partial charge in [0.25, 0.3) is 0 Å². The summed E-state index contributed by atoms with van der Waals surface area (Å²) >= 11 is 0. The SMILES string of the molecule is CCCCCCCCC(CCC)OC(=O)CCCCCN(CC)CCCCCCCC(=O)OC(CCCCCCCC)CCCCCCCC. The molecule has 0 amide bonds. The van der Waals surface area contributed by atoms with E-state index in [4.69, 9.17) is 9.47 Å². The predicted octanol–water partition coefficient (Wildman–Crippen LogP) is 14.1.